The third-order valence-corrected chi connectivity index (χ3v) is 7.38. The van der Waals surface area contributed by atoms with Gasteiger partial charge in [-0.15, -0.1) is 11.3 Å². The lowest BCUT2D eigenvalue weighted by atomic mass is 10.2. The first-order valence-corrected chi connectivity index (χ1v) is 12.5. The van der Waals surface area contributed by atoms with Crippen molar-refractivity contribution in [1.29, 1.82) is 0 Å². The molecule has 0 saturated carbocycles. The molecule has 31 heavy (non-hydrogen) atoms. The van der Waals surface area contributed by atoms with E-state index in [1.165, 1.54) is 18.0 Å². The number of piperazine rings is 1. The number of ether oxygens (including phenoxy) is 1. The van der Waals surface area contributed by atoms with Crippen LogP contribution in [0.3, 0.4) is 0 Å². The van der Waals surface area contributed by atoms with Gasteiger partial charge in [-0.1, -0.05) is 24.6 Å². The van der Waals surface area contributed by atoms with E-state index in [1.807, 2.05) is 19.1 Å². The summed E-state index contributed by atoms with van der Waals surface area (Å²) in [6, 6.07) is 8.08. The lowest BCUT2D eigenvalue weighted by Gasteiger charge is -2.34. The number of thiocarbonyl (C=S) groups is 1. The number of rotatable bonds is 9. The Labute approximate surface area is 200 Å². The molecule has 0 radical (unpaired) electrons. The summed E-state index contributed by atoms with van der Waals surface area (Å²) in [6.07, 6.45) is 1.08. The van der Waals surface area contributed by atoms with Crippen LogP contribution in [0.4, 0.5) is 5.69 Å². The van der Waals surface area contributed by atoms with Crippen LogP contribution in [0.1, 0.15) is 23.8 Å². The summed E-state index contributed by atoms with van der Waals surface area (Å²) >= 11 is 13.9. The number of aryl methyl sites for hydroxylation is 1. The standard InChI is InChI=1S/C23H33ClN4OS2/c1-4-26-10-12-27(13-11-26)8-6-9-28(17-19-7-5-14-31-19)23(30)25-21-15-18(2)20(24)16-22(21)29-3/h5,7,14-16H,4,6,8-13,17H2,1-3H3,(H,25,30). The van der Waals surface area contributed by atoms with E-state index < -0.39 is 0 Å². The Morgan fingerprint density at radius 2 is 2.00 bits per heavy atom. The largest absolute Gasteiger partial charge is 0.495 e. The Hall–Kier alpha value is -1.38. The van der Waals surface area contributed by atoms with Gasteiger partial charge in [-0.3, -0.25) is 0 Å². The summed E-state index contributed by atoms with van der Waals surface area (Å²) in [7, 11) is 1.65. The number of nitrogens with one attached hydrogen (secondary N) is 1. The normalized spacial score (nSPS) is 15.1. The summed E-state index contributed by atoms with van der Waals surface area (Å²) in [5, 5.41) is 6.92. The maximum absolute atomic E-state index is 6.26. The first-order chi connectivity index (χ1) is 15.0. The third kappa shape index (κ3) is 7.05. The van der Waals surface area contributed by atoms with Crippen LogP contribution >= 0.6 is 35.2 Å². The molecule has 0 bridgehead atoms. The molecule has 1 fully saturated rings. The van der Waals surface area contributed by atoms with Crippen molar-refractivity contribution >= 4 is 46.0 Å². The summed E-state index contributed by atoms with van der Waals surface area (Å²) in [6.45, 7) is 12.8. The topological polar surface area (TPSA) is 31.0 Å². The Morgan fingerprint density at radius 1 is 1.26 bits per heavy atom. The highest BCUT2D eigenvalue weighted by atomic mass is 35.5. The molecule has 2 aromatic rings. The number of halogens is 1. The fraction of sp³-hybridized carbons (Fsp3) is 0.522. The van der Waals surface area contributed by atoms with Crippen LogP contribution in [0.5, 0.6) is 5.75 Å². The number of methoxy groups -OCH3 is 1. The molecule has 5 nitrogen and oxygen atoms in total. The van der Waals surface area contributed by atoms with Gasteiger partial charge < -0.3 is 24.8 Å². The molecule has 0 spiro atoms. The van der Waals surface area contributed by atoms with Crippen molar-refractivity contribution in [3.63, 3.8) is 0 Å². The average molecular weight is 481 g/mol. The fourth-order valence-corrected chi connectivity index (χ4v) is 4.92. The Balaban J connectivity index is 1.62. The van der Waals surface area contributed by atoms with Crippen LogP contribution in [-0.4, -0.2) is 72.7 Å². The van der Waals surface area contributed by atoms with Gasteiger partial charge in [0, 0.05) is 48.7 Å². The van der Waals surface area contributed by atoms with Crippen molar-refractivity contribution in [2.24, 2.45) is 0 Å². The highest BCUT2D eigenvalue weighted by Crippen LogP contribution is 2.31. The van der Waals surface area contributed by atoms with Crippen molar-refractivity contribution in [2.75, 3.05) is 58.2 Å². The van der Waals surface area contributed by atoms with Gasteiger partial charge in [-0.05, 0) is 61.7 Å². The van der Waals surface area contributed by atoms with Crippen LogP contribution < -0.4 is 10.1 Å². The van der Waals surface area contributed by atoms with E-state index >= 15 is 0 Å². The number of anilines is 1. The van der Waals surface area contributed by atoms with Gasteiger partial charge in [0.25, 0.3) is 0 Å². The van der Waals surface area contributed by atoms with Gasteiger partial charge in [0.1, 0.15) is 5.75 Å². The molecule has 0 aliphatic carbocycles. The van der Waals surface area contributed by atoms with Crippen LogP contribution in [-0.2, 0) is 6.54 Å². The van der Waals surface area contributed by atoms with Crippen LogP contribution in [0.15, 0.2) is 29.6 Å². The fourth-order valence-electron chi connectivity index (χ4n) is 3.78. The quantitative estimate of drug-likeness (QED) is 0.511. The van der Waals surface area contributed by atoms with Gasteiger partial charge in [0.05, 0.1) is 19.3 Å². The molecule has 1 aliphatic rings. The molecule has 0 unspecified atom stereocenters. The van der Waals surface area contributed by atoms with E-state index in [2.05, 4.69) is 44.5 Å². The van der Waals surface area contributed by atoms with Gasteiger partial charge in [0.15, 0.2) is 5.11 Å². The Morgan fingerprint density at radius 3 is 2.65 bits per heavy atom. The van der Waals surface area contributed by atoms with Crippen molar-refractivity contribution < 1.29 is 4.74 Å². The van der Waals surface area contributed by atoms with Crippen LogP contribution in [0.2, 0.25) is 5.02 Å². The maximum Gasteiger partial charge on any atom is 0.173 e. The highest BCUT2D eigenvalue weighted by molar-refractivity contribution is 7.80. The number of thiophene rings is 1. The zero-order valence-corrected chi connectivity index (χ0v) is 21.1. The number of hydrogen-bond acceptors (Lipinski definition) is 5. The van der Waals surface area contributed by atoms with Crippen LogP contribution in [0, 0.1) is 6.92 Å². The van der Waals surface area contributed by atoms with E-state index in [-0.39, 0.29) is 0 Å². The molecule has 1 aliphatic heterocycles. The van der Waals surface area contributed by atoms with E-state index in [4.69, 9.17) is 28.6 Å². The summed E-state index contributed by atoms with van der Waals surface area (Å²) in [5.74, 6) is 0.697. The van der Waals surface area contributed by atoms with E-state index in [1.54, 1.807) is 18.4 Å². The first kappa shape index (κ1) is 24.3. The number of hydrogen-bond donors (Lipinski definition) is 1. The first-order valence-electron chi connectivity index (χ1n) is 10.9. The van der Waals surface area contributed by atoms with E-state index in [0.29, 0.717) is 15.9 Å². The second kappa shape index (κ2) is 12.0. The zero-order valence-electron chi connectivity index (χ0n) is 18.7. The molecule has 170 valence electrons. The summed E-state index contributed by atoms with van der Waals surface area (Å²) in [5.41, 5.74) is 1.84. The lowest BCUT2D eigenvalue weighted by molar-refractivity contribution is 0.134. The number of likely N-dealkylation sites (N-methyl/N-ethyl adjacent to an activating group) is 1. The van der Waals surface area contributed by atoms with Gasteiger partial charge in [-0.2, -0.15) is 0 Å². The minimum atomic E-state index is 0.687. The molecular formula is C23H33ClN4OS2. The van der Waals surface area contributed by atoms with Crippen molar-refractivity contribution in [3.05, 3.63) is 45.1 Å². The highest BCUT2D eigenvalue weighted by Gasteiger charge is 2.17. The van der Waals surface area contributed by atoms with Gasteiger partial charge in [0.2, 0.25) is 0 Å². The average Bonchev–Trinajstić information content (AvgIpc) is 3.29. The lowest BCUT2D eigenvalue weighted by Crippen LogP contribution is -2.46. The predicted molar refractivity (Wildman–Crippen MR) is 137 cm³/mol. The zero-order chi connectivity index (χ0) is 22.2. The predicted octanol–water partition coefficient (Wildman–Crippen LogP) is 4.95. The Kier molecular flexibility index (Phi) is 9.41. The third-order valence-electron chi connectivity index (χ3n) is 5.75. The van der Waals surface area contributed by atoms with Crippen molar-refractivity contribution in [3.8, 4) is 5.75 Å². The maximum atomic E-state index is 6.26. The molecule has 3 rings (SSSR count). The van der Waals surface area contributed by atoms with Gasteiger partial charge in [-0.25, -0.2) is 0 Å². The molecule has 0 amide bonds. The molecule has 1 aromatic carbocycles. The van der Waals surface area contributed by atoms with E-state index in [9.17, 15) is 0 Å². The molecule has 8 heteroatoms. The molecule has 1 saturated heterocycles. The number of nitrogens with zero attached hydrogens (tertiary/aromatic N) is 3. The Bertz CT molecular complexity index is 838. The van der Waals surface area contributed by atoms with Crippen LogP contribution in [0.25, 0.3) is 0 Å². The molecule has 2 heterocycles. The molecular weight excluding hydrogens is 448 g/mol. The SMILES string of the molecule is CCN1CCN(CCCN(Cc2cccs2)C(=S)Nc2cc(C)c(Cl)cc2OC)CC1. The molecule has 1 aromatic heterocycles. The minimum Gasteiger partial charge on any atom is -0.495 e. The second-order valence-corrected chi connectivity index (χ2v) is 9.69. The summed E-state index contributed by atoms with van der Waals surface area (Å²) < 4.78 is 5.51. The van der Waals surface area contributed by atoms with Gasteiger partial charge >= 0.3 is 0 Å². The molecule has 1 N–H and O–H groups in total. The summed E-state index contributed by atoms with van der Waals surface area (Å²) in [4.78, 5) is 8.64. The minimum absolute atomic E-state index is 0.687. The second-order valence-electron chi connectivity index (χ2n) is 7.86. The van der Waals surface area contributed by atoms with E-state index in [0.717, 1.165) is 56.9 Å². The number of benzene rings is 1. The smallest absolute Gasteiger partial charge is 0.173 e. The monoisotopic (exact) mass is 480 g/mol. The van der Waals surface area contributed by atoms with Crippen molar-refractivity contribution in [1.82, 2.24) is 14.7 Å². The van der Waals surface area contributed by atoms with Crippen molar-refractivity contribution in [2.45, 2.75) is 26.8 Å². The molecule has 0 atom stereocenters.